The molecular weight excluding hydrogens is 496 g/mol. The molecule has 2 N–H and O–H groups in total. The molecule has 5 heterocycles. The van der Waals surface area contributed by atoms with Gasteiger partial charge in [0.2, 0.25) is 0 Å². The van der Waals surface area contributed by atoms with Crippen molar-refractivity contribution in [2.45, 2.75) is 44.8 Å². The van der Waals surface area contributed by atoms with Crippen LogP contribution in [-0.2, 0) is 7.05 Å². The number of nitriles is 1. The first-order valence-corrected chi connectivity index (χ1v) is 12.8. The largest absolute Gasteiger partial charge is 0.489 e. The van der Waals surface area contributed by atoms with Crippen molar-refractivity contribution in [2.24, 2.45) is 7.05 Å². The number of aromatic nitrogens is 5. The maximum absolute atomic E-state index is 12.7. The number of nitrogens with one attached hydrogen (secondary N) is 1. The van der Waals surface area contributed by atoms with Crippen molar-refractivity contribution in [3.63, 3.8) is 0 Å². The summed E-state index contributed by atoms with van der Waals surface area (Å²) in [5, 5.41) is 31.3. The lowest BCUT2D eigenvalue weighted by Gasteiger charge is -2.40. The van der Waals surface area contributed by atoms with Gasteiger partial charge in [-0.2, -0.15) is 15.5 Å². The van der Waals surface area contributed by atoms with Crippen LogP contribution in [0.3, 0.4) is 0 Å². The fraction of sp³-hybridized carbons (Fsp3) is 0.393. The van der Waals surface area contributed by atoms with Crippen molar-refractivity contribution in [1.82, 2.24) is 29.7 Å². The molecule has 0 saturated carbocycles. The van der Waals surface area contributed by atoms with Crippen LogP contribution in [0.5, 0.6) is 5.75 Å². The molecule has 0 atom stereocenters. The van der Waals surface area contributed by atoms with Gasteiger partial charge >= 0.3 is 0 Å². The van der Waals surface area contributed by atoms with Crippen LogP contribution in [0.2, 0.25) is 0 Å². The number of rotatable bonds is 7. The maximum atomic E-state index is 12.7. The highest BCUT2D eigenvalue weighted by Gasteiger charge is 2.32. The van der Waals surface area contributed by atoms with Gasteiger partial charge in [-0.15, -0.1) is 0 Å². The van der Waals surface area contributed by atoms with E-state index in [9.17, 15) is 15.2 Å². The first-order chi connectivity index (χ1) is 18.5. The Hall–Kier alpha value is -4.43. The summed E-state index contributed by atoms with van der Waals surface area (Å²) in [6.45, 7) is 7.04. The minimum absolute atomic E-state index is 0.109. The highest BCUT2D eigenvalue weighted by molar-refractivity contribution is 5.94. The Bertz CT molecular complexity index is 1530. The Balaban J connectivity index is 1.32. The van der Waals surface area contributed by atoms with Crippen LogP contribution >= 0.6 is 0 Å². The fourth-order valence-corrected chi connectivity index (χ4v) is 4.71. The van der Waals surface area contributed by atoms with Crippen LogP contribution in [0.15, 0.2) is 49.2 Å². The van der Waals surface area contributed by atoms with E-state index in [2.05, 4.69) is 33.4 Å². The molecule has 0 aromatic carbocycles. The molecule has 0 bridgehead atoms. The highest BCUT2D eigenvalue weighted by atomic mass is 16.5. The van der Waals surface area contributed by atoms with Crippen molar-refractivity contribution in [3.8, 4) is 22.9 Å². The first-order valence-electron chi connectivity index (χ1n) is 12.8. The zero-order valence-electron chi connectivity index (χ0n) is 22.5. The summed E-state index contributed by atoms with van der Waals surface area (Å²) in [5.74, 6) is 1.26. The summed E-state index contributed by atoms with van der Waals surface area (Å²) in [7, 11) is 1.79. The Morgan fingerprint density at radius 1 is 1.21 bits per heavy atom. The third-order valence-corrected chi connectivity index (χ3v) is 6.93. The van der Waals surface area contributed by atoms with Gasteiger partial charge in [0.1, 0.15) is 24.2 Å². The summed E-state index contributed by atoms with van der Waals surface area (Å²) in [6, 6.07) is 7.99. The summed E-state index contributed by atoms with van der Waals surface area (Å²) in [6.07, 6.45) is 9.87. The van der Waals surface area contributed by atoms with Gasteiger partial charge in [0.05, 0.1) is 40.8 Å². The van der Waals surface area contributed by atoms with Gasteiger partial charge in [-0.3, -0.25) is 9.48 Å². The zero-order valence-corrected chi connectivity index (χ0v) is 22.5. The van der Waals surface area contributed by atoms with Gasteiger partial charge in [0.25, 0.3) is 5.91 Å². The van der Waals surface area contributed by atoms with Crippen molar-refractivity contribution >= 4 is 17.2 Å². The number of amides is 1. The quantitative estimate of drug-likeness (QED) is 0.374. The molecule has 4 aromatic heterocycles. The number of aliphatic hydroxyl groups is 1. The number of carbonyl (C=O) groups excluding carboxylic acids is 1. The van der Waals surface area contributed by atoms with E-state index in [0.29, 0.717) is 22.4 Å². The van der Waals surface area contributed by atoms with Crippen molar-refractivity contribution < 1.29 is 14.6 Å². The molecule has 11 heteroatoms. The number of hydrogen-bond acceptors (Lipinski definition) is 8. The average molecular weight is 529 g/mol. The molecule has 0 spiro atoms. The molecule has 0 radical (unpaired) electrons. The van der Waals surface area contributed by atoms with E-state index in [1.54, 1.807) is 54.9 Å². The molecular formula is C28H32N8O3. The summed E-state index contributed by atoms with van der Waals surface area (Å²) >= 11 is 0. The monoisotopic (exact) mass is 528 g/mol. The second-order valence-corrected chi connectivity index (χ2v) is 11.0. The fourth-order valence-electron chi connectivity index (χ4n) is 4.71. The van der Waals surface area contributed by atoms with Crippen LogP contribution < -0.4 is 15.0 Å². The second kappa shape index (κ2) is 10.0. The molecule has 39 heavy (non-hydrogen) atoms. The predicted octanol–water partition coefficient (Wildman–Crippen LogP) is 2.94. The van der Waals surface area contributed by atoms with E-state index in [4.69, 9.17) is 9.72 Å². The average Bonchev–Trinajstić information content (AvgIpc) is 3.53. The molecule has 5 rings (SSSR count). The van der Waals surface area contributed by atoms with E-state index in [1.165, 1.54) is 6.20 Å². The molecule has 1 aliphatic heterocycles. The minimum Gasteiger partial charge on any atom is -0.489 e. The molecule has 4 aromatic rings. The highest BCUT2D eigenvalue weighted by Crippen LogP contribution is 2.32. The molecule has 202 valence electrons. The topological polar surface area (TPSA) is 134 Å². The standard InChI is InChI=1S/C28H32N8O3/c1-27(2,38)18-39-22-11-23(25-20(12-29)14-32-36(25)17-22)19-5-6-24(30-13-19)35-9-7-28(3,8-10-35)33-26(37)21-15-31-34(4)16-21/h5-6,11,13-17,38H,7-10,18H2,1-4H3,(H,33,37). The molecule has 0 unspecified atom stereocenters. The Labute approximate surface area is 226 Å². The van der Waals surface area contributed by atoms with Crippen molar-refractivity contribution in [3.05, 3.63) is 60.3 Å². The second-order valence-electron chi connectivity index (χ2n) is 11.0. The van der Waals surface area contributed by atoms with Gasteiger partial charge < -0.3 is 20.1 Å². The summed E-state index contributed by atoms with van der Waals surface area (Å²) in [4.78, 5) is 19.6. The van der Waals surface area contributed by atoms with E-state index in [1.807, 2.05) is 18.2 Å². The lowest BCUT2D eigenvalue weighted by molar-refractivity contribution is 0.0283. The number of anilines is 1. The normalized spacial score (nSPS) is 15.2. The molecule has 1 saturated heterocycles. The number of ether oxygens (including phenoxy) is 1. The lowest BCUT2D eigenvalue weighted by Crippen LogP contribution is -2.53. The van der Waals surface area contributed by atoms with Crippen LogP contribution in [0, 0.1) is 11.3 Å². The number of nitrogens with zero attached hydrogens (tertiary/aromatic N) is 7. The van der Waals surface area contributed by atoms with Crippen LogP contribution in [0.1, 0.15) is 49.5 Å². The Kier molecular flexibility index (Phi) is 6.74. The van der Waals surface area contributed by atoms with E-state index < -0.39 is 5.60 Å². The molecule has 0 aliphatic carbocycles. The predicted molar refractivity (Wildman–Crippen MR) is 145 cm³/mol. The number of carbonyl (C=O) groups is 1. The van der Waals surface area contributed by atoms with Gasteiger partial charge in [0.15, 0.2) is 0 Å². The van der Waals surface area contributed by atoms with Crippen molar-refractivity contribution in [1.29, 1.82) is 5.26 Å². The number of piperidine rings is 1. The summed E-state index contributed by atoms with van der Waals surface area (Å²) in [5.41, 5.74) is 1.95. The number of aryl methyl sites for hydroxylation is 1. The van der Waals surface area contributed by atoms with E-state index >= 15 is 0 Å². The molecule has 1 amide bonds. The van der Waals surface area contributed by atoms with E-state index in [0.717, 1.165) is 42.9 Å². The lowest BCUT2D eigenvalue weighted by atomic mass is 9.89. The molecule has 1 aliphatic rings. The zero-order chi connectivity index (χ0) is 27.8. The number of hydrogen-bond donors (Lipinski definition) is 2. The van der Waals surface area contributed by atoms with Gasteiger partial charge in [0, 0.05) is 49.2 Å². The van der Waals surface area contributed by atoms with Gasteiger partial charge in [-0.1, -0.05) is 0 Å². The van der Waals surface area contributed by atoms with Crippen LogP contribution in [0.4, 0.5) is 5.82 Å². The SMILES string of the molecule is Cn1cc(C(=O)NC2(C)CCN(c3ccc(-c4cc(OCC(C)(C)O)cn5ncc(C#N)c45)cn3)CC2)cn1. The van der Waals surface area contributed by atoms with Gasteiger partial charge in [-0.25, -0.2) is 9.50 Å². The van der Waals surface area contributed by atoms with Crippen LogP contribution in [0.25, 0.3) is 16.6 Å². The summed E-state index contributed by atoms with van der Waals surface area (Å²) < 4.78 is 9.06. The third kappa shape index (κ3) is 5.71. The van der Waals surface area contributed by atoms with Gasteiger partial charge in [-0.05, 0) is 51.8 Å². The van der Waals surface area contributed by atoms with E-state index in [-0.39, 0.29) is 18.1 Å². The molecule has 1 fully saturated rings. The Morgan fingerprint density at radius 2 is 1.97 bits per heavy atom. The van der Waals surface area contributed by atoms with Crippen molar-refractivity contribution in [2.75, 3.05) is 24.6 Å². The molecule has 11 nitrogen and oxygen atoms in total. The van der Waals surface area contributed by atoms with Crippen LogP contribution in [-0.4, -0.2) is 66.2 Å². The first kappa shape index (κ1) is 26.2. The number of fused-ring (bicyclic) bond motifs is 1. The number of pyridine rings is 2. The minimum atomic E-state index is -0.994. The Morgan fingerprint density at radius 3 is 2.59 bits per heavy atom. The smallest absolute Gasteiger partial charge is 0.254 e. The maximum Gasteiger partial charge on any atom is 0.254 e. The third-order valence-electron chi connectivity index (χ3n) is 6.93.